The van der Waals surface area contributed by atoms with E-state index in [1.165, 1.54) is 0 Å². The van der Waals surface area contributed by atoms with Gasteiger partial charge in [0.05, 0.1) is 19.3 Å². The summed E-state index contributed by atoms with van der Waals surface area (Å²) in [6.07, 6.45) is -0.289. The normalized spacial score (nSPS) is 15.9. The van der Waals surface area contributed by atoms with Crippen molar-refractivity contribution in [2.24, 2.45) is 10.7 Å². The SMILES string of the molecule is COc1cccc(CN=C(N)N2CCN(C(=O)OC(C)(C)C)CC2)n1. The summed E-state index contributed by atoms with van der Waals surface area (Å²) in [5.74, 6) is 1.01. The van der Waals surface area contributed by atoms with Gasteiger partial charge in [-0.1, -0.05) is 6.07 Å². The Labute approximate surface area is 148 Å². The van der Waals surface area contributed by atoms with Crippen LogP contribution in [0.2, 0.25) is 0 Å². The first-order valence-electron chi connectivity index (χ1n) is 8.31. The van der Waals surface area contributed by atoms with Crippen LogP contribution >= 0.6 is 0 Å². The average Bonchev–Trinajstić information content (AvgIpc) is 2.58. The van der Waals surface area contributed by atoms with E-state index in [1.54, 1.807) is 18.1 Å². The lowest BCUT2D eigenvalue weighted by Crippen LogP contribution is -2.53. The smallest absolute Gasteiger partial charge is 0.410 e. The second-order valence-electron chi connectivity index (χ2n) is 6.80. The quantitative estimate of drug-likeness (QED) is 0.656. The van der Waals surface area contributed by atoms with E-state index < -0.39 is 5.60 Å². The van der Waals surface area contributed by atoms with Crippen LogP contribution < -0.4 is 10.5 Å². The van der Waals surface area contributed by atoms with Gasteiger partial charge in [0.2, 0.25) is 5.88 Å². The summed E-state index contributed by atoms with van der Waals surface area (Å²) in [5, 5.41) is 0. The Hall–Kier alpha value is -2.51. The van der Waals surface area contributed by atoms with E-state index in [2.05, 4.69) is 9.98 Å². The first-order chi connectivity index (χ1) is 11.8. The number of aromatic nitrogens is 1. The molecule has 0 atom stereocenters. The van der Waals surface area contributed by atoms with E-state index in [0.717, 1.165) is 5.69 Å². The van der Waals surface area contributed by atoms with E-state index in [4.69, 9.17) is 15.2 Å². The topological polar surface area (TPSA) is 93.3 Å². The van der Waals surface area contributed by atoms with Gasteiger partial charge in [-0.2, -0.15) is 0 Å². The average molecular weight is 349 g/mol. The molecular formula is C17H27N5O3. The van der Waals surface area contributed by atoms with Crippen molar-refractivity contribution in [3.05, 3.63) is 23.9 Å². The Morgan fingerprint density at radius 3 is 2.48 bits per heavy atom. The summed E-state index contributed by atoms with van der Waals surface area (Å²) in [7, 11) is 1.58. The molecule has 8 heteroatoms. The number of nitrogens with two attached hydrogens (primary N) is 1. The minimum atomic E-state index is -0.488. The third-order valence-corrected chi connectivity index (χ3v) is 3.65. The molecule has 2 rings (SSSR count). The number of aliphatic imine (C=N–C) groups is 1. The molecule has 1 saturated heterocycles. The number of methoxy groups -OCH3 is 1. The van der Waals surface area contributed by atoms with Crippen LogP contribution in [-0.2, 0) is 11.3 Å². The van der Waals surface area contributed by atoms with Crippen LogP contribution in [0.3, 0.4) is 0 Å². The fraction of sp³-hybridized carbons (Fsp3) is 0.588. The maximum atomic E-state index is 12.1. The van der Waals surface area contributed by atoms with E-state index in [-0.39, 0.29) is 6.09 Å². The lowest BCUT2D eigenvalue weighted by Gasteiger charge is -2.36. The number of carbonyl (C=O) groups excluding carboxylic acids is 1. The zero-order chi connectivity index (χ0) is 18.4. The monoisotopic (exact) mass is 349 g/mol. The molecule has 0 radical (unpaired) electrons. The number of nitrogens with zero attached hydrogens (tertiary/aromatic N) is 4. The molecule has 0 unspecified atom stereocenters. The highest BCUT2D eigenvalue weighted by atomic mass is 16.6. The van der Waals surface area contributed by atoms with Crippen LogP contribution in [0.1, 0.15) is 26.5 Å². The van der Waals surface area contributed by atoms with Gasteiger partial charge >= 0.3 is 6.09 Å². The Balaban J connectivity index is 1.86. The molecule has 0 bridgehead atoms. The molecule has 1 aromatic rings. The highest BCUT2D eigenvalue weighted by Crippen LogP contribution is 2.12. The second-order valence-corrected chi connectivity index (χ2v) is 6.80. The second kappa shape index (κ2) is 8.04. The van der Waals surface area contributed by atoms with Crippen LogP contribution in [0.5, 0.6) is 5.88 Å². The summed E-state index contributed by atoms with van der Waals surface area (Å²) in [6, 6.07) is 5.53. The molecule has 138 valence electrons. The van der Waals surface area contributed by atoms with Crippen molar-refractivity contribution in [2.45, 2.75) is 32.9 Å². The summed E-state index contributed by atoms with van der Waals surface area (Å²) in [6.45, 7) is 8.33. The third-order valence-electron chi connectivity index (χ3n) is 3.65. The van der Waals surface area contributed by atoms with Gasteiger partial charge in [0, 0.05) is 32.2 Å². The summed E-state index contributed by atoms with van der Waals surface area (Å²) in [5.41, 5.74) is 6.37. The molecule has 0 aliphatic carbocycles. The van der Waals surface area contributed by atoms with E-state index in [1.807, 2.05) is 37.8 Å². The molecule has 0 aromatic carbocycles. The Bertz CT molecular complexity index is 619. The molecule has 2 N–H and O–H groups in total. The van der Waals surface area contributed by atoms with Gasteiger partial charge in [-0.15, -0.1) is 0 Å². The molecule has 0 saturated carbocycles. The fourth-order valence-electron chi connectivity index (χ4n) is 2.37. The van der Waals surface area contributed by atoms with Gasteiger partial charge in [0.1, 0.15) is 5.60 Å². The summed E-state index contributed by atoms with van der Waals surface area (Å²) < 4.78 is 10.5. The number of piperazine rings is 1. The number of rotatable bonds is 3. The molecule has 25 heavy (non-hydrogen) atoms. The molecule has 8 nitrogen and oxygen atoms in total. The number of guanidine groups is 1. The van der Waals surface area contributed by atoms with Crippen molar-refractivity contribution in [3.8, 4) is 5.88 Å². The fourth-order valence-corrected chi connectivity index (χ4v) is 2.37. The standard InChI is InChI=1S/C17H27N5O3/c1-17(2,3)25-16(23)22-10-8-21(9-11-22)15(18)19-12-13-6-5-7-14(20-13)24-4/h5-7H,8-12H2,1-4H3,(H2,18,19). The minimum absolute atomic E-state index is 0.289. The molecule has 1 aliphatic rings. The van der Waals surface area contributed by atoms with Crippen LogP contribution in [0.25, 0.3) is 0 Å². The lowest BCUT2D eigenvalue weighted by molar-refractivity contribution is 0.0186. The van der Waals surface area contributed by atoms with Crippen molar-refractivity contribution in [1.29, 1.82) is 0 Å². The zero-order valence-corrected chi connectivity index (χ0v) is 15.4. The maximum absolute atomic E-state index is 12.1. The van der Waals surface area contributed by atoms with Gasteiger partial charge in [-0.25, -0.2) is 14.8 Å². The van der Waals surface area contributed by atoms with E-state index >= 15 is 0 Å². The number of pyridine rings is 1. The highest BCUT2D eigenvalue weighted by molar-refractivity contribution is 5.78. The lowest BCUT2D eigenvalue weighted by atomic mass is 10.2. The van der Waals surface area contributed by atoms with Crippen molar-refractivity contribution < 1.29 is 14.3 Å². The first-order valence-corrected chi connectivity index (χ1v) is 8.31. The van der Waals surface area contributed by atoms with Crippen molar-refractivity contribution >= 4 is 12.1 Å². The largest absolute Gasteiger partial charge is 0.481 e. The molecule has 1 amide bonds. The Kier molecular flexibility index (Phi) is 6.06. The van der Waals surface area contributed by atoms with Crippen LogP contribution in [0.4, 0.5) is 4.79 Å². The Morgan fingerprint density at radius 2 is 1.88 bits per heavy atom. The molecular weight excluding hydrogens is 322 g/mol. The highest BCUT2D eigenvalue weighted by Gasteiger charge is 2.26. The predicted octanol–water partition coefficient (Wildman–Crippen LogP) is 1.46. The summed E-state index contributed by atoms with van der Waals surface area (Å²) >= 11 is 0. The molecule has 0 spiro atoms. The zero-order valence-electron chi connectivity index (χ0n) is 15.4. The van der Waals surface area contributed by atoms with Crippen LogP contribution in [0, 0.1) is 0 Å². The number of hydrogen-bond donors (Lipinski definition) is 1. The van der Waals surface area contributed by atoms with Crippen LogP contribution in [0.15, 0.2) is 23.2 Å². The predicted molar refractivity (Wildman–Crippen MR) is 95.5 cm³/mol. The number of carbonyl (C=O) groups is 1. The van der Waals surface area contributed by atoms with E-state index in [0.29, 0.717) is 44.6 Å². The van der Waals surface area contributed by atoms with Gasteiger partial charge in [-0.3, -0.25) is 0 Å². The number of hydrogen-bond acceptors (Lipinski definition) is 5. The number of ether oxygens (including phenoxy) is 2. The van der Waals surface area contributed by atoms with E-state index in [9.17, 15) is 4.79 Å². The summed E-state index contributed by atoms with van der Waals surface area (Å²) in [4.78, 5) is 24.4. The molecule has 1 aliphatic heterocycles. The van der Waals surface area contributed by atoms with Crippen molar-refractivity contribution in [3.63, 3.8) is 0 Å². The molecule has 1 fully saturated rings. The maximum Gasteiger partial charge on any atom is 0.410 e. The molecule has 1 aromatic heterocycles. The van der Waals surface area contributed by atoms with Crippen LogP contribution in [-0.4, -0.2) is 65.7 Å². The molecule has 2 heterocycles. The first kappa shape index (κ1) is 18.8. The van der Waals surface area contributed by atoms with Gasteiger partial charge in [-0.05, 0) is 26.8 Å². The van der Waals surface area contributed by atoms with Gasteiger partial charge in [0.15, 0.2) is 5.96 Å². The van der Waals surface area contributed by atoms with Crippen molar-refractivity contribution in [1.82, 2.24) is 14.8 Å². The van der Waals surface area contributed by atoms with Gasteiger partial charge < -0.3 is 25.0 Å². The van der Waals surface area contributed by atoms with Crippen molar-refractivity contribution in [2.75, 3.05) is 33.3 Å². The van der Waals surface area contributed by atoms with Gasteiger partial charge in [0.25, 0.3) is 0 Å². The number of amides is 1. The Morgan fingerprint density at radius 1 is 1.24 bits per heavy atom. The third kappa shape index (κ3) is 5.81. The minimum Gasteiger partial charge on any atom is -0.481 e.